The summed E-state index contributed by atoms with van der Waals surface area (Å²) in [6, 6.07) is 0.170. The van der Waals surface area contributed by atoms with Crippen molar-refractivity contribution in [2.24, 2.45) is 0 Å². The van der Waals surface area contributed by atoms with Crippen molar-refractivity contribution < 1.29 is 9.26 Å². The highest BCUT2D eigenvalue weighted by Crippen LogP contribution is 2.14. The van der Waals surface area contributed by atoms with E-state index in [9.17, 15) is 0 Å². The van der Waals surface area contributed by atoms with Crippen molar-refractivity contribution in [3.05, 3.63) is 17.0 Å². The normalized spacial score (nSPS) is 10.4. The summed E-state index contributed by atoms with van der Waals surface area (Å²) in [7, 11) is 1.47. The molecule has 0 aliphatic rings. The number of hydrogen-bond donors (Lipinski definition) is 2. The first-order chi connectivity index (χ1) is 8.60. The SMILES string of the molecule is COc1nc(N)nc(NCc2c(C)noc2C)n1. The van der Waals surface area contributed by atoms with E-state index >= 15 is 0 Å². The molecule has 96 valence electrons. The van der Waals surface area contributed by atoms with Gasteiger partial charge in [0.05, 0.1) is 12.8 Å². The number of aryl methyl sites for hydroxylation is 2. The van der Waals surface area contributed by atoms with Crippen LogP contribution in [0.5, 0.6) is 6.01 Å². The van der Waals surface area contributed by atoms with Crippen LogP contribution in [-0.4, -0.2) is 27.2 Å². The second-order valence-corrected chi connectivity index (χ2v) is 3.66. The van der Waals surface area contributed by atoms with Crippen LogP contribution in [0.1, 0.15) is 17.0 Å². The van der Waals surface area contributed by atoms with Crippen molar-refractivity contribution >= 4 is 11.9 Å². The van der Waals surface area contributed by atoms with Crippen LogP contribution in [0.15, 0.2) is 4.52 Å². The molecular weight excluding hydrogens is 236 g/mol. The Morgan fingerprint density at radius 1 is 1.28 bits per heavy atom. The number of hydrogen-bond acceptors (Lipinski definition) is 8. The highest BCUT2D eigenvalue weighted by molar-refractivity contribution is 5.34. The number of ether oxygens (including phenoxy) is 1. The average Bonchev–Trinajstić information content (AvgIpc) is 2.66. The van der Waals surface area contributed by atoms with E-state index in [4.69, 9.17) is 15.0 Å². The van der Waals surface area contributed by atoms with Crippen LogP contribution in [-0.2, 0) is 6.54 Å². The van der Waals surface area contributed by atoms with Gasteiger partial charge in [0.1, 0.15) is 5.76 Å². The molecule has 0 radical (unpaired) electrons. The lowest BCUT2D eigenvalue weighted by molar-refractivity contribution is 0.379. The van der Waals surface area contributed by atoms with Gasteiger partial charge in [-0.15, -0.1) is 0 Å². The summed E-state index contributed by atoms with van der Waals surface area (Å²) < 4.78 is 9.97. The first kappa shape index (κ1) is 12.1. The van der Waals surface area contributed by atoms with E-state index in [0.717, 1.165) is 17.0 Å². The van der Waals surface area contributed by atoms with Crippen LogP contribution in [0, 0.1) is 13.8 Å². The number of nitrogens with one attached hydrogen (secondary N) is 1. The zero-order valence-electron chi connectivity index (χ0n) is 10.4. The molecule has 0 amide bonds. The van der Waals surface area contributed by atoms with Crippen LogP contribution in [0.25, 0.3) is 0 Å². The third-order valence-electron chi connectivity index (χ3n) is 2.42. The second-order valence-electron chi connectivity index (χ2n) is 3.66. The monoisotopic (exact) mass is 250 g/mol. The molecule has 2 rings (SSSR count). The van der Waals surface area contributed by atoms with Crippen molar-refractivity contribution in [2.45, 2.75) is 20.4 Å². The first-order valence-electron chi connectivity index (χ1n) is 5.31. The average molecular weight is 250 g/mol. The van der Waals surface area contributed by atoms with Gasteiger partial charge in [0.2, 0.25) is 11.9 Å². The highest BCUT2D eigenvalue weighted by atomic mass is 16.5. The van der Waals surface area contributed by atoms with Crippen LogP contribution >= 0.6 is 0 Å². The van der Waals surface area contributed by atoms with Crippen molar-refractivity contribution in [1.82, 2.24) is 20.1 Å². The highest BCUT2D eigenvalue weighted by Gasteiger charge is 2.10. The summed E-state index contributed by atoms with van der Waals surface area (Å²) in [5, 5.41) is 6.88. The van der Waals surface area contributed by atoms with E-state index in [2.05, 4.69) is 25.4 Å². The number of methoxy groups -OCH3 is 1. The Bertz CT molecular complexity index is 534. The second kappa shape index (κ2) is 4.86. The van der Waals surface area contributed by atoms with Crippen molar-refractivity contribution in [3.8, 4) is 6.01 Å². The molecule has 0 unspecified atom stereocenters. The molecule has 0 bridgehead atoms. The van der Waals surface area contributed by atoms with E-state index in [1.807, 2.05) is 13.8 Å². The summed E-state index contributed by atoms with van der Waals surface area (Å²) in [6.07, 6.45) is 0. The zero-order valence-corrected chi connectivity index (χ0v) is 10.4. The van der Waals surface area contributed by atoms with E-state index in [1.54, 1.807) is 0 Å². The Balaban J connectivity index is 2.13. The summed E-state index contributed by atoms with van der Waals surface area (Å²) in [5.74, 6) is 1.21. The lowest BCUT2D eigenvalue weighted by atomic mass is 10.2. The van der Waals surface area contributed by atoms with E-state index in [0.29, 0.717) is 12.5 Å². The number of nitrogen functional groups attached to an aromatic ring is 1. The molecule has 18 heavy (non-hydrogen) atoms. The summed E-state index contributed by atoms with van der Waals surface area (Å²) >= 11 is 0. The van der Waals surface area contributed by atoms with E-state index < -0.39 is 0 Å². The quantitative estimate of drug-likeness (QED) is 0.814. The van der Waals surface area contributed by atoms with Gasteiger partial charge in [-0.25, -0.2) is 0 Å². The summed E-state index contributed by atoms with van der Waals surface area (Å²) in [6.45, 7) is 4.21. The Labute approximate surface area is 104 Å². The maximum absolute atomic E-state index is 5.53. The van der Waals surface area contributed by atoms with Gasteiger partial charge in [-0.1, -0.05) is 5.16 Å². The van der Waals surface area contributed by atoms with Gasteiger partial charge in [0.15, 0.2) is 0 Å². The van der Waals surface area contributed by atoms with Crippen molar-refractivity contribution in [1.29, 1.82) is 0 Å². The molecule has 0 fully saturated rings. The predicted molar refractivity (Wildman–Crippen MR) is 64.1 cm³/mol. The fourth-order valence-electron chi connectivity index (χ4n) is 1.46. The number of rotatable bonds is 4. The topological polar surface area (TPSA) is 112 Å². The van der Waals surface area contributed by atoms with Gasteiger partial charge in [0, 0.05) is 12.1 Å². The van der Waals surface area contributed by atoms with Gasteiger partial charge in [-0.3, -0.25) is 0 Å². The number of anilines is 2. The molecule has 8 nitrogen and oxygen atoms in total. The van der Waals surface area contributed by atoms with Gasteiger partial charge in [-0.05, 0) is 13.8 Å². The maximum atomic E-state index is 5.53. The molecule has 2 aromatic heterocycles. The zero-order chi connectivity index (χ0) is 13.1. The molecule has 8 heteroatoms. The predicted octanol–water partition coefficient (Wildman–Crippen LogP) is 0.679. The Morgan fingerprint density at radius 3 is 2.67 bits per heavy atom. The molecule has 0 aromatic carbocycles. The third kappa shape index (κ3) is 2.47. The van der Waals surface area contributed by atoms with E-state index in [-0.39, 0.29) is 12.0 Å². The van der Waals surface area contributed by atoms with Crippen molar-refractivity contribution in [3.63, 3.8) is 0 Å². The Hall–Kier alpha value is -2.38. The molecule has 0 spiro atoms. The summed E-state index contributed by atoms with van der Waals surface area (Å²) in [5.41, 5.74) is 7.32. The fourth-order valence-corrected chi connectivity index (χ4v) is 1.46. The molecule has 0 atom stereocenters. The lowest BCUT2D eigenvalue weighted by Crippen LogP contribution is -2.09. The minimum atomic E-state index is 0.100. The lowest BCUT2D eigenvalue weighted by Gasteiger charge is -2.06. The van der Waals surface area contributed by atoms with Crippen LogP contribution in [0.4, 0.5) is 11.9 Å². The smallest absolute Gasteiger partial charge is 0.322 e. The fraction of sp³-hybridized carbons (Fsp3) is 0.400. The molecule has 3 N–H and O–H groups in total. The van der Waals surface area contributed by atoms with Gasteiger partial charge < -0.3 is 20.3 Å². The van der Waals surface area contributed by atoms with E-state index in [1.165, 1.54) is 7.11 Å². The molecule has 0 saturated carbocycles. The van der Waals surface area contributed by atoms with Crippen LogP contribution in [0.2, 0.25) is 0 Å². The standard InChI is InChI=1S/C10H14N6O2/c1-5-7(6(2)18-16-5)4-12-9-13-8(11)14-10(15-9)17-3/h4H2,1-3H3,(H3,11,12,13,14,15). The minimum absolute atomic E-state index is 0.100. The molecule has 0 saturated heterocycles. The maximum Gasteiger partial charge on any atom is 0.322 e. The Kier molecular flexibility index (Phi) is 3.26. The summed E-state index contributed by atoms with van der Waals surface area (Å²) in [4.78, 5) is 11.8. The molecular formula is C10H14N6O2. The molecule has 2 heterocycles. The molecule has 2 aromatic rings. The van der Waals surface area contributed by atoms with Gasteiger partial charge in [0.25, 0.3) is 0 Å². The van der Waals surface area contributed by atoms with Gasteiger partial charge in [-0.2, -0.15) is 15.0 Å². The third-order valence-corrected chi connectivity index (χ3v) is 2.42. The van der Waals surface area contributed by atoms with Crippen LogP contribution < -0.4 is 15.8 Å². The molecule has 0 aliphatic heterocycles. The number of aromatic nitrogens is 4. The Morgan fingerprint density at radius 2 is 2.06 bits per heavy atom. The number of nitrogens with zero attached hydrogens (tertiary/aromatic N) is 4. The van der Waals surface area contributed by atoms with Gasteiger partial charge >= 0.3 is 6.01 Å². The largest absolute Gasteiger partial charge is 0.467 e. The molecule has 0 aliphatic carbocycles. The first-order valence-corrected chi connectivity index (χ1v) is 5.31. The van der Waals surface area contributed by atoms with Crippen LogP contribution in [0.3, 0.4) is 0 Å². The minimum Gasteiger partial charge on any atom is -0.467 e. The van der Waals surface area contributed by atoms with Crippen molar-refractivity contribution in [2.75, 3.05) is 18.2 Å². The number of nitrogens with two attached hydrogens (primary N) is 1.